The maximum atomic E-state index is 12.5. The molecule has 1 atom stereocenters. The fourth-order valence-corrected chi connectivity index (χ4v) is 3.59. The number of hydrogen-bond donors (Lipinski definition) is 2. The minimum atomic E-state index is -0.819. The first-order chi connectivity index (χ1) is 11.4. The molecule has 1 aliphatic carbocycles. The van der Waals surface area contributed by atoms with Gasteiger partial charge < -0.3 is 15.2 Å². The molecule has 24 heavy (non-hydrogen) atoms. The summed E-state index contributed by atoms with van der Waals surface area (Å²) in [6.45, 7) is 1.95. The molecule has 0 bridgehead atoms. The topological polar surface area (TPSA) is 75.6 Å². The molecule has 1 unspecified atom stereocenters. The van der Waals surface area contributed by atoms with Gasteiger partial charge in [-0.05, 0) is 42.9 Å². The van der Waals surface area contributed by atoms with Gasteiger partial charge in [-0.3, -0.25) is 9.59 Å². The van der Waals surface area contributed by atoms with Crippen molar-refractivity contribution in [1.29, 1.82) is 0 Å². The average Bonchev–Trinajstić information content (AvgIpc) is 2.54. The lowest BCUT2D eigenvalue weighted by Gasteiger charge is -2.35. The van der Waals surface area contributed by atoms with Crippen LogP contribution in [0.4, 0.5) is 5.69 Å². The van der Waals surface area contributed by atoms with Crippen LogP contribution in [0, 0.1) is 5.41 Å². The summed E-state index contributed by atoms with van der Waals surface area (Å²) in [6.07, 6.45) is 5.05. The highest BCUT2D eigenvalue weighted by Gasteiger charge is 2.36. The van der Waals surface area contributed by atoms with Crippen LogP contribution < -0.4 is 5.32 Å². The van der Waals surface area contributed by atoms with Gasteiger partial charge in [0.05, 0.1) is 12.5 Å². The van der Waals surface area contributed by atoms with E-state index < -0.39 is 11.4 Å². The molecular weight excluding hydrogens is 306 g/mol. The number of nitrogens with one attached hydrogen (secondary N) is 1. The highest BCUT2D eigenvalue weighted by Crippen LogP contribution is 2.42. The number of carboxylic acids is 1. The Kier molecular flexibility index (Phi) is 6.37. The lowest BCUT2D eigenvalue weighted by atomic mass is 9.69. The van der Waals surface area contributed by atoms with Crippen molar-refractivity contribution in [2.45, 2.75) is 58.0 Å². The SMILES string of the molecule is COC(C)c1cccc(NC(=O)CC2(CC(=O)O)CCCCC2)c1. The van der Waals surface area contributed by atoms with E-state index in [4.69, 9.17) is 4.74 Å². The van der Waals surface area contributed by atoms with Crippen molar-refractivity contribution in [1.82, 2.24) is 0 Å². The predicted octanol–water partition coefficient (Wildman–Crippen LogP) is 4.15. The largest absolute Gasteiger partial charge is 0.481 e. The Labute approximate surface area is 143 Å². The second-order valence-electron chi connectivity index (χ2n) is 6.86. The zero-order valence-electron chi connectivity index (χ0n) is 14.5. The van der Waals surface area contributed by atoms with E-state index in [-0.39, 0.29) is 24.9 Å². The quantitative estimate of drug-likeness (QED) is 0.786. The molecule has 1 saturated carbocycles. The van der Waals surface area contributed by atoms with Crippen LogP contribution in [0.15, 0.2) is 24.3 Å². The molecule has 2 N–H and O–H groups in total. The summed E-state index contributed by atoms with van der Waals surface area (Å²) < 4.78 is 5.30. The highest BCUT2D eigenvalue weighted by atomic mass is 16.5. The number of hydrogen-bond acceptors (Lipinski definition) is 3. The standard InChI is InChI=1S/C19H27NO4/c1-14(24-2)15-7-6-8-16(11-15)20-17(21)12-19(13-18(22)23)9-4-3-5-10-19/h6-8,11,14H,3-5,9-10,12-13H2,1-2H3,(H,20,21)(H,22,23). The molecule has 1 aromatic carbocycles. The lowest BCUT2D eigenvalue weighted by Crippen LogP contribution is -2.32. The number of carbonyl (C=O) groups excluding carboxylic acids is 1. The average molecular weight is 333 g/mol. The third kappa shape index (κ3) is 5.06. The second kappa shape index (κ2) is 8.29. The number of anilines is 1. The molecule has 0 aliphatic heterocycles. The molecule has 0 spiro atoms. The Morgan fingerprint density at radius 1 is 1.25 bits per heavy atom. The molecule has 1 aromatic rings. The van der Waals surface area contributed by atoms with E-state index in [1.165, 1.54) is 0 Å². The van der Waals surface area contributed by atoms with Crippen LogP contribution in [0.25, 0.3) is 0 Å². The van der Waals surface area contributed by atoms with Gasteiger partial charge in [-0.25, -0.2) is 0 Å². The molecule has 5 heteroatoms. The van der Waals surface area contributed by atoms with Gasteiger partial charge in [0.15, 0.2) is 0 Å². The van der Waals surface area contributed by atoms with E-state index in [1.54, 1.807) is 7.11 Å². The van der Waals surface area contributed by atoms with Crippen molar-refractivity contribution in [2.75, 3.05) is 12.4 Å². The number of amides is 1. The summed E-state index contributed by atoms with van der Waals surface area (Å²) in [5.41, 5.74) is 1.32. The summed E-state index contributed by atoms with van der Waals surface area (Å²) in [6, 6.07) is 7.58. The van der Waals surface area contributed by atoms with E-state index in [2.05, 4.69) is 5.32 Å². The van der Waals surface area contributed by atoms with Crippen molar-refractivity contribution in [3.63, 3.8) is 0 Å². The number of rotatable bonds is 7. The van der Waals surface area contributed by atoms with Crippen LogP contribution in [0.1, 0.15) is 63.5 Å². The highest BCUT2D eigenvalue weighted by molar-refractivity contribution is 5.91. The Balaban J connectivity index is 2.04. The number of ether oxygens (including phenoxy) is 1. The van der Waals surface area contributed by atoms with E-state index in [0.29, 0.717) is 0 Å². The minimum absolute atomic E-state index is 0.0430. The van der Waals surface area contributed by atoms with Crippen LogP contribution in [0.3, 0.4) is 0 Å². The van der Waals surface area contributed by atoms with Crippen LogP contribution in [-0.2, 0) is 14.3 Å². The van der Waals surface area contributed by atoms with Gasteiger partial charge in [-0.15, -0.1) is 0 Å². The summed E-state index contributed by atoms with van der Waals surface area (Å²) in [5, 5.41) is 12.1. The summed E-state index contributed by atoms with van der Waals surface area (Å²) in [5.74, 6) is -0.930. The number of aliphatic carboxylic acids is 1. The van der Waals surface area contributed by atoms with Gasteiger partial charge in [-0.1, -0.05) is 31.4 Å². The monoisotopic (exact) mass is 333 g/mol. The zero-order valence-corrected chi connectivity index (χ0v) is 14.5. The van der Waals surface area contributed by atoms with Gasteiger partial charge in [0.25, 0.3) is 0 Å². The molecule has 1 amide bonds. The molecule has 0 saturated heterocycles. The normalized spacial score (nSPS) is 17.9. The van der Waals surface area contributed by atoms with Crippen LogP contribution in [0.5, 0.6) is 0 Å². The molecule has 0 heterocycles. The lowest BCUT2D eigenvalue weighted by molar-refractivity contribution is -0.140. The van der Waals surface area contributed by atoms with Gasteiger partial charge >= 0.3 is 5.97 Å². The third-order valence-corrected chi connectivity index (χ3v) is 4.97. The molecule has 1 fully saturated rings. The molecular formula is C19H27NO4. The Morgan fingerprint density at radius 2 is 1.96 bits per heavy atom. The first-order valence-corrected chi connectivity index (χ1v) is 8.58. The Hall–Kier alpha value is -1.88. The summed E-state index contributed by atoms with van der Waals surface area (Å²) >= 11 is 0. The fourth-order valence-electron chi connectivity index (χ4n) is 3.59. The maximum absolute atomic E-state index is 12.5. The van der Waals surface area contributed by atoms with Crippen LogP contribution in [0.2, 0.25) is 0 Å². The maximum Gasteiger partial charge on any atom is 0.303 e. The zero-order chi connectivity index (χ0) is 17.6. The predicted molar refractivity (Wildman–Crippen MR) is 92.9 cm³/mol. The van der Waals surface area contributed by atoms with Crippen molar-refractivity contribution < 1.29 is 19.4 Å². The summed E-state index contributed by atoms with van der Waals surface area (Å²) in [4.78, 5) is 23.7. The molecule has 132 valence electrons. The summed E-state index contributed by atoms with van der Waals surface area (Å²) in [7, 11) is 1.65. The van der Waals surface area contributed by atoms with Crippen molar-refractivity contribution in [3.8, 4) is 0 Å². The van der Waals surface area contributed by atoms with Crippen molar-refractivity contribution >= 4 is 17.6 Å². The number of methoxy groups -OCH3 is 1. The van der Waals surface area contributed by atoms with Gasteiger partial charge in [0, 0.05) is 19.2 Å². The molecule has 0 aromatic heterocycles. The van der Waals surface area contributed by atoms with E-state index in [9.17, 15) is 14.7 Å². The van der Waals surface area contributed by atoms with Crippen LogP contribution >= 0.6 is 0 Å². The first-order valence-electron chi connectivity index (χ1n) is 8.58. The number of carboxylic acid groups (broad SMARTS) is 1. The Bertz CT molecular complexity index is 578. The van der Waals surface area contributed by atoms with Gasteiger partial charge in [-0.2, -0.15) is 0 Å². The molecule has 2 rings (SSSR count). The van der Waals surface area contributed by atoms with E-state index >= 15 is 0 Å². The smallest absolute Gasteiger partial charge is 0.303 e. The third-order valence-electron chi connectivity index (χ3n) is 4.97. The van der Waals surface area contributed by atoms with Crippen molar-refractivity contribution in [3.05, 3.63) is 29.8 Å². The molecule has 1 aliphatic rings. The van der Waals surface area contributed by atoms with E-state index in [1.807, 2.05) is 31.2 Å². The van der Waals surface area contributed by atoms with Gasteiger partial charge in [0.2, 0.25) is 5.91 Å². The minimum Gasteiger partial charge on any atom is -0.481 e. The Morgan fingerprint density at radius 3 is 2.58 bits per heavy atom. The van der Waals surface area contributed by atoms with Crippen LogP contribution in [-0.4, -0.2) is 24.1 Å². The van der Waals surface area contributed by atoms with E-state index in [0.717, 1.165) is 43.4 Å². The number of carbonyl (C=O) groups is 2. The second-order valence-corrected chi connectivity index (χ2v) is 6.86. The number of benzene rings is 1. The fraction of sp³-hybridized carbons (Fsp3) is 0.579. The molecule has 5 nitrogen and oxygen atoms in total. The van der Waals surface area contributed by atoms with Gasteiger partial charge in [0.1, 0.15) is 0 Å². The first kappa shape index (κ1) is 18.5. The molecule has 0 radical (unpaired) electrons. The van der Waals surface area contributed by atoms with Crippen molar-refractivity contribution in [2.24, 2.45) is 5.41 Å².